The first-order valence-electron chi connectivity index (χ1n) is 6.77. The second-order valence-electron chi connectivity index (χ2n) is 5.09. The largest absolute Gasteiger partial charge is 0.330 e. The standard InChI is InChI=1S/C17H20ClNS/c1-12-7-13(2)9-15(8-12)11-20-17-4-3-14(5-6-19)10-16(17)18/h3-4,7-10H,5-6,11,19H2,1-2H3. The van der Waals surface area contributed by atoms with E-state index in [4.69, 9.17) is 17.3 Å². The molecule has 0 unspecified atom stereocenters. The fraction of sp³-hybridized carbons (Fsp3) is 0.294. The highest BCUT2D eigenvalue weighted by molar-refractivity contribution is 7.98. The Labute approximate surface area is 130 Å². The number of thioether (sulfide) groups is 1. The summed E-state index contributed by atoms with van der Waals surface area (Å²) in [4.78, 5) is 1.13. The third kappa shape index (κ3) is 4.27. The molecule has 0 amide bonds. The first-order chi connectivity index (χ1) is 9.58. The summed E-state index contributed by atoms with van der Waals surface area (Å²) in [5, 5.41) is 0.824. The van der Waals surface area contributed by atoms with Gasteiger partial charge in [-0.3, -0.25) is 0 Å². The summed E-state index contributed by atoms with van der Waals surface area (Å²) in [6, 6.07) is 12.9. The van der Waals surface area contributed by atoms with E-state index in [0.717, 1.165) is 22.1 Å². The molecule has 106 valence electrons. The van der Waals surface area contributed by atoms with Gasteiger partial charge in [-0.15, -0.1) is 11.8 Å². The quantitative estimate of drug-likeness (QED) is 0.807. The van der Waals surface area contributed by atoms with Crippen LogP contribution in [0.4, 0.5) is 0 Å². The summed E-state index contributed by atoms with van der Waals surface area (Å²) < 4.78 is 0. The van der Waals surface area contributed by atoms with Crippen LogP contribution in [-0.2, 0) is 12.2 Å². The molecule has 2 aromatic rings. The minimum Gasteiger partial charge on any atom is -0.330 e. The van der Waals surface area contributed by atoms with Gasteiger partial charge in [0.05, 0.1) is 5.02 Å². The van der Waals surface area contributed by atoms with E-state index in [0.29, 0.717) is 6.54 Å². The molecular weight excluding hydrogens is 286 g/mol. The van der Waals surface area contributed by atoms with Gasteiger partial charge in [-0.25, -0.2) is 0 Å². The van der Waals surface area contributed by atoms with Gasteiger partial charge in [-0.2, -0.15) is 0 Å². The molecule has 0 aliphatic carbocycles. The van der Waals surface area contributed by atoms with E-state index in [1.807, 2.05) is 6.07 Å². The van der Waals surface area contributed by atoms with Crippen molar-refractivity contribution >= 4 is 23.4 Å². The Bertz CT molecular complexity index is 575. The van der Waals surface area contributed by atoms with Crippen LogP contribution in [-0.4, -0.2) is 6.54 Å². The molecule has 0 saturated carbocycles. The van der Waals surface area contributed by atoms with Gasteiger partial charge in [-0.05, 0) is 50.1 Å². The van der Waals surface area contributed by atoms with Crippen molar-refractivity contribution in [3.05, 3.63) is 63.7 Å². The number of aryl methyl sites for hydroxylation is 2. The highest BCUT2D eigenvalue weighted by Gasteiger charge is 2.04. The SMILES string of the molecule is Cc1cc(C)cc(CSc2ccc(CCN)cc2Cl)c1. The predicted octanol–water partition coefficient (Wildman–Crippen LogP) is 4.75. The lowest BCUT2D eigenvalue weighted by atomic mass is 10.1. The molecule has 0 aliphatic rings. The summed E-state index contributed by atoms with van der Waals surface area (Å²) >= 11 is 8.11. The Morgan fingerprint density at radius 1 is 1.00 bits per heavy atom. The normalized spacial score (nSPS) is 10.8. The van der Waals surface area contributed by atoms with E-state index < -0.39 is 0 Å². The van der Waals surface area contributed by atoms with E-state index in [2.05, 4.69) is 44.2 Å². The molecule has 0 bridgehead atoms. The van der Waals surface area contributed by atoms with E-state index in [1.54, 1.807) is 11.8 Å². The fourth-order valence-corrected chi connectivity index (χ4v) is 3.51. The van der Waals surface area contributed by atoms with Gasteiger partial charge in [0.2, 0.25) is 0 Å². The molecule has 2 N–H and O–H groups in total. The maximum absolute atomic E-state index is 6.33. The monoisotopic (exact) mass is 305 g/mol. The fourth-order valence-electron chi connectivity index (χ4n) is 2.30. The van der Waals surface area contributed by atoms with Crippen molar-refractivity contribution in [1.82, 2.24) is 0 Å². The first-order valence-corrected chi connectivity index (χ1v) is 8.13. The van der Waals surface area contributed by atoms with Crippen molar-refractivity contribution in [2.24, 2.45) is 5.73 Å². The van der Waals surface area contributed by atoms with E-state index >= 15 is 0 Å². The number of halogens is 1. The van der Waals surface area contributed by atoms with Crippen molar-refractivity contribution < 1.29 is 0 Å². The molecule has 2 rings (SSSR count). The van der Waals surface area contributed by atoms with Crippen LogP contribution in [0.5, 0.6) is 0 Å². The highest BCUT2D eigenvalue weighted by Crippen LogP contribution is 2.31. The molecule has 0 saturated heterocycles. The minimum atomic E-state index is 0.658. The molecule has 0 fully saturated rings. The number of nitrogens with two attached hydrogens (primary N) is 1. The van der Waals surface area contributed by atoms with Gasteiger partial charge < -0.3 is 5.73 Å². The predicted molar refractivity (Wildman–Crippen MR) is 89.7 cm³/mol. The second-order valence-corrected chi connectivity index (χ2v) is 6.51. The number of hydrogen-bond acceptors (Lipinski definition) is 2. The number of rotatable bonds is 5. The molecular formula is C17H20ClNS. The van der Waals surface area contributed by atoms with Crippen LogP contribution >= 0.6 is 23.4 Å². The Balaban J connectivity index is 2.06. The van der Waals surface area contributed by atoms with Crippen LogP contribution in [0.3, 0.4) is 0 Å². The molecule has 3 heteroatoms. The van der Waals surface area contributed by atoms with Crippen LogP contribution < -0.4 is 5.73 Å². The lowest BCUT2D eigenvalue weighted by molar-refractivity contribution is 0.966. The summed E-state index contributed by atoms with van der Waals surface area (Å²) in [5.41, 5.74) is 10.7. The lowest BCUT2D eigenvalue weighted by Gasteiger charge is -2.08. The van der Waals surface area contributed by atoms with Gasteiger partial charge in [0.25, 0.3) is 0 Å². The summed E-state index contributed by atoms with van der Waals surface area (Å²) in [6.45, 7) is 4.93. The van der Waals surface area contributed by atoms with Crippen LogP contribution in [0.2, 0.25) is 5.02 Å². The van der Waals surface area contributed by atoms with Gasteiger partial charge >= 0.3 is 0 Å². The van der Waals surface area contributed by atoms with Crippen molar-refractivity contribution in [2.45, 2.75) is 30.9 Å². The van der Waals surface area contributed by atoms with Gasteiger partial charge in [0.15, 0.2) is 0 Å². The smallest absolute Gasteiger partial charge is 0.0544 e. The van der Waals surface area contributed by atoms with E-state index in [9.17, 15) is 0 Å². The van der Waals surface area contributed by atoms with E-state index in [-0.39, 0.29) is 0 Å². The Hall–Kier alpha value is -0.960. The maximum atomic E-state index is 6.33. The Morgan fingerprint density at radius 2 is 1.70 bits per heavy atom. The zero-order chi connectivity index (χ0) is 14.5. The van der Waals surface area contributed by atoms with Crippen LogP contribution in [0.1, 0.15) is 22.3 Å². The third-order valence-corrected chi connectivity index (χ3v) is 4.67. The zero-order valence-electron chi connectivity index (χ0n) is 11.9. The number of hydrogen-bond donors (Lipinski definition) is 1. The van der Waals surface area contributed by atoms with Gasteiger partial charge in [0.1, 0.15) is 0 Å². The molecule has 20 heavy (non-hydrogen) atoms. The average molecular weight is 306 g/mol. The minimum absolute atomic E-state index is 0.658. The summed E-state index contributed by atoms with van der Waals surface area (Å²) in [5.74, 6) is 0.943. The average Bonchev–Trinajstić information content (AvgIpc) is 2.37. The zero-order valence-corrected chi connectivity index (χ0v) is 13.5. The van der Waals surface area contributed by atoms with Gasteiger partial charge in [-0.1, -0.05) is 47.0 Å². The summed E-state index contributed by atoms with van der Waals surface area (Å²) in [7, 11) is 0. The molecule has 0 spiro atoms. The molecule has 2 aromatic carbocycles. The Morgan fingerprint density at radius 3 is 2.30 bits per heavy atom. The maximum Gasteiger partial charge on any atom is 0.0544 e. The third-order valence-electron chi connectivity index (χ3n) is 3.11. The van der Waals surface area contributed by atoms with Crippen LogP contribution in [0, 0.1) is 13.8 Å². The van der Waals surface area contributed by atoms with Crippen molar-refractivity contribution in [3.63, 3.8) is 0 Å². The highest BCUT2D eigenvalue weighted by atomic mass is 35.5. The van der Waals surface area contributed by atoms with E-state index in [1.165, 1.54) is 22.3 Å². The first kappa shape index (κ1) is 15.4. The lowest BCUT2D eigenvalue weighted by Crippen LogP contribution is -2.02. The molecule has 0 heterocycles. The molecule has 1 nitrogen and oxygen atoms in total. The molecule has 0 aromatic heterocycles. The topological polar surface area (TPSA) is 26.0 Å². The molecule has 0 atom stereocenters. The molecule has 0 radical (unpaired) electrons. The van der Waals surface area contributed by atoms with Crippen molar-refractivity contribution in [2.75, 3.05) is 6.54 Å². The van der Waals surface area contributed by atoms with Crippen LogP contribution in [0.15, 0.2) is 41.3 Å². The van der Waals surface area contributed by atoms with Crippen LogP contribution in [0.25, 0.3) is 0 Å². The van der Waals surface area contributed by atoms with Gasteiger partial charge in [0, 0.05) is 10.6 Å². The Kier molecular flexibility index (Phi) is 5.53. The molecule has 0 aliphatic heterocycles. The van der Waals surface area contributed by atoms with Crippen molar-refractivity contribution in [1.29, 1.82) is 0 Å². The van der Waals surface area contributed by atoms with Crippen molar-refractivity contribution in [3.8, 4) is 0 Å². The number of benzene rings is 2. The second kappa shape index (κ2) is 7.16. The summed E-state index contributed by atoms with van der Waals surface area (Å²) in [6.07, 6.45) is 0.877.